The molecule has 3 saturated carbocycles. The number of carbonyl (C=O) groups excluding carboxylic acids is 1. The van der Waals surface area contributed by atoms with Crippen molar-refractivity contribution in [3.63, 3.8) is 0 Å². The number of aryl methyl sites for hydroxylation is 1. The standard InChI is InChI=1S/C24H32ClN5O2/c1-13-10-26-7-6-17(13)15(3)28-21(31)12-30-23(32)22(25)20(11-27-30)29-19-9-16-8-18(14(19)2)24(16,4)5/h6-7,10-11,14-16,18-19,29H,8-9,12H2,1-5H3,(H,28,31)/t14-,15?,16-,18+,19-/m1/s1. The summed E-state index contributed by atoms with van der Waals surface area (Å²) >= 11 is 6.40. The van der Waals surface area contributed by atoms with Crippen molar-refractivity contribution in [3.8, 4) is 0 Å². The van der Waals surface area contributed by atoms with E-state index in [1.165, 1.54) is 6.42 Å². The number of fused-ring (bicyclic) bond motifs is 2. The molecule has 7 nitrogen and oxygen atoms in total. The number of pyridine rings is 1. The summed E-state index contributed by atoms with van der Waals surface area (Å²) in [7, 11) is 0. The molecule has 1 unspecified atom stereocenters. The average Bonchev–Trinajstić information content (AvgIpc) is 2.74. The highest BCUT2D eigenvalue weighted by Crippen LogP contribution is 2.61. The lowest BCUT2D eigenvalue weighted by Gasteiger charge is -2.62. The molecular formula is C24H32ClN5O2. The topological polar surface area (TPSA) is 88.9 Å². The van der Waals surface area contributed by atoms with Crippen molar-refractivity contribution in [1.29, 1.82) is 0 Å². The first-order valence-electron chi connectivity index (χ1n) is 11.3. The second-order valence-corrected chi connectivity index (χ2v) is 10.4. The van der Waals surface area contributed by atoms with Crippen molar-refractivity contribution in [3.05, 3.63) is 51.2 Å². The number of nitrogens with zero attached hydrogens (tertiary/aromatic N) is 3. The monoisotopic (exact) mass is 457 g/mol. The van der Waals surface area contributed by atoms with Gasteiger partial charge >= 0.3 is 0 Å². The van der Waals surface area contributed by atoms with Gasteiger partial charge in [0.05, 0.1) is 17.9 Å². The van der Waals surface area contributed by atoms with Gasteiger partial charge in [-0.25, -0.2) is 4.68 Å². The Bertz CT molecular complexity index is 1080. The summed E-state index contributed by atoms with van der Waals surface area (Å²) in [6.45, 7) is 10.6. The lowest BCUT2D eigenvalue weighted by Crippen LogP contribution is -2.58. The molecule has 0 radical (unpaired) electrons. The molecule has 2 aromatic rings. The first-order chi connectivity index (χ1) is 15.1. The summed E-state index contributed by atoms with van der Waals surface area (Å²) in [6, 6.07) is 1.94. The van der Waals surface area contributed by atoms with Gasteiger partial charge in [0.15, 0.2) is 0 Å². The highest BCUT2D eigenvalue weighted by atomic mass is 35.5. The highest BCUT2D eigenvalue weighted by molar-refractivity contribution is 6.32. The van der Waals surface area contributed by atoms with Crippen molar-refractivity contribution < 1.29 is 4.79 Å². The summed E-state index contributed by atoms with van der Waals surface area (Å²) in [6.07, 6.45) is 7.37. The lowest BCUT2D eigenvalue weighted by molar-refractivity contribution is -0.122. The fraction of sp³-hybridized carbons (Fsp3) is 0.583. The van der Waals surface area contributed by atoms with Gasteiger partial charge in [-0.3, -0.25) is 14.6 Å². The number of halogens is 1. The van der Waals surface area contributed by atoms with Crippen molar-refractivity contribution in [2.75, 3.05) is 5.32 Å². The molecule has 32 heavy (non-hydrogen) atoms. The summed E-state index contributed by atoms with van der Waals surface area (Å²) < 4.78 is 1.11. The van der Waals surface area contributed by atoms with Gasteiger partial charge in [-0.05, 0) is 67.1 Å². The second kappa shape index (κ2) is 8.50. The fourth-order valence-corrected chi connectivity index (χ4v) is 5.89. The number of hydrogen-bond donors (Lipinski definition) is 2. The Kier molecular flexibility index (Phi) is 6.05. The van der Waals surface area contributed by atoms with Gasteiger partial charge < -0.3 is 10.6 Å². The molecule has 8 heteroatoms. The van der Waals surface area contributed by atoms with Crippen LogP contribution >= 0.6 is 11.6 Å². The molecule has 3 aliphatic rings. The van der Waals surface area contributed by atoms with E-state index in [1.807, 2.05) is 19.9 Å². The highest BCUT2D eigenvalue weighted by Gasteiger charge is 2.56. The molecular weight excluding hydrogens is 426 g/mol. The van der Waals surface area contributed by atoms with Crippen LogP contribution in [0, 0.1) is 30.1 Å². The van der Waals surface area contributed by atoms with Gasteiger partial charge in [0.2, 0.25) is 5.91 Å². The first kappa shape index (κ1) is 22.8. The third-order valence-corrected chi connectivity index (χ3v) is 8.25. The molecule has 2 N–H and O–H groups in total. The number of anilines is 1. The zero-order valence-electron chi connectivity index (χ0n) is 19.4. The summed E-state index contributed by atoms with van der Waals surface area (Å²) in [5.41, 5.74) is 2.45. The summed E-state index contributed by atoms with van der Waals surface area (Å²) in [4.78, 5) is 29.4. The van der Waals surface area contributed by atoms with Gasteiger partial charge in [0.25, 0.3) is 5.56 Å². The third kappa shape index (κ3) is 4.03. The van der Waals surface area contributed by atoms with E-state index in [-0.39, 0.29) is 29.6 Å². The Morgan fingerprint density at radius 2 is 2.09 bits per heavy atom. The Labute approximate surface area is 194 Å². The van der Waals surface area contributed by atoms with E-state index >= 15 is 0 Å². The largest absolute Gasteiger partial charge is 0.379 e. The molecule has 5 atom stereocenters. The maximum Gasteiger partial charge on any atom is 0.288 e. The van der Waals surface area contributed by atoms with Crippen molar-refractivity contribution >= 4 is 23.2 Å². The maximum absolute atomic E-state index is 12.8. The molecule has 2 bridgehead atoms. The van der Waals surface area contributed by atoms with E-state index in [1.54, 1.807) is 18.6 Å². The number of nitrogens with one attached hydrogen (secondary N) is 2. The molecule has 0 saturated heterocycles. The van der Waals surface area contributed by atoms with Gasteiger partial charge in [-0.15, -0.1) is 0 Å². The van der Waals surface area contributed by atoms with Gasteiger partial charge in [0, 0.05) is 18.4 Å². The van der Waals surface area contributed by atoms with E-state index in [4.69, 9.17) is 11.6 Å². The van der Waals surface area contributed by atoms with Gasteiger partial charge in [-0.1, -0.05) is 32.4 Å². The van der Waals surface area contributed by atoms with Gasteiger partial charge in [0.1, 0.15) is 11.6 Å². The van der Waals surface area contributed by atoms with Gasteiger partial charge in [-0.2, -0.15) is 5.10 Å². The fourth-order valence-electron chi connectivity index (χ4n) is 5.69. The van der Waals surface area contributed by atoms with Crippen LogP contribution in [0.5, 0.6) is 0 Å². The zero-order valence-corrected chi connectivity index (χ0v) is 20.1. The van der Waals surface area contributed by atoms with Crippen LogP contribution in [0.15, 0.2) is 29.5 Å². The van der Waals surface area contributed by atoms with Crippen molar-refractivity contribution in [1.82, 2.24) is 20.1 Å². The molecule has 5 rings (SSSR count). The smallest absolute Gasteiger partial charge is 0.288 e. The number of hydrogen-bond acceptors (Lipinski definition) is 5. The van der Waals surface area contributed by atoms with Crippen LogP contribution in [0.1, 0.15) is 57.7 Å². The molecule has 3 fully saturated rings. The summed E-state index contributed by atoms with van der Waals surface area (Å²) in [5, 5.41) is 10.7. The molecule has 1 amide bonds. The minimum Gasteiger partial charge on any atom is -0.379 e. The molecule has 0 spiro atoms. The molecule has 172 valence electrons. The molecule has 2 aromatic heterocycles. The molecule has 0 aliphatic heterocycles. The first-order valence-corrected chi connectivity index (χ1v) is 11.7. The van der Waals surface area contributed by atoms with Crippen LogP contribution in [-0.4, -0.2) is 26.7 Å². The van der Waals surface area contributed by atoms with Crippen LogP contribution in [0.4, 0.5) is 5.69 Å². The van der Waals surface area contributed by atoms with E-state index in [0.29, 0.717) is 28.9 Å². The Hall–Kier alpha value is -2.41. The predicted molar refractivity (Wildman–Crippen MR) is 126 cm³/mol. The second-order valence-electron chi connectivity index (χ2n) is 10.1. The SMILES string of the molecule is Cc1cnccc1C(C)NC(=O)Cn1ncc(N[C@@H]2C[C@H]3C[C@@H]([C@H]2C)C3(C)C)c(Cl)c1=O. The van der Waals surface area contributed by atoms with Crippen LogP contribution in [0.2, 0.25) is 5.02 Å². The van der Waals surface area contributed by atoms with E-state index in [9.17, 15) is 9.59 Å². The molecule has 0 aromatic carbocycles. The maximum atomic E-state index is 12.8. The van der Waals surface area contributed by atoms with Crippen LogP contribution in [0.3, 0.4) is 0 Å². The van der Waals surface area contributed by atoms with Crippen LogP contribution in [0.25, 0.3) is 0 Å². The minimum absolute atomic E-state index is 0.0801. The van der Waals surface area contributed by atoms with Crippen LogP contribution in [-0.2, 0) is 11.3 Å². The van der Waals surface area contributed by atoms with E-state index in [2.05, 4.69) is 41.5 Å². The summed E-state index contributed by atoms with van der Waals surface area (Å²) in [5.74, 6) is 1.57. The average molecular weight is 458 g/mol. The van der Waals surface area contributed by atoms with Crippen molar-refractivity contribution in [2.24, 2.45) is 23.2 Å². The normalized spacial score (nSPS) is 26.7. The lowest BCUT2D eigenvalue weighted by atomic mass is 9.45. The zero-order chi connectivity index (χ0) is 23.2. The quantitative estimate of drug-likeness (QED) is 0.685. The minimum atomic E-state index is -0.464. The number of aromatic nitrogens is 3. The molecule has 3 aliphatic carbocycles. The number of rotatable bonds is 6. The number of carbonyl (C=O) groups is 1. The van der Waals surface area contributed by atoms with Crippen molar-refractivity contribution in [2.45, 2.75) is 66.1 Å². The molecule has 2 heterocycles. The van der Waals surface area contributed by atoms with Crippen LogP contribution < -0.4 is 16.2 Å². The van der Waals surface area contributed by atoms with E-state index < -0.39 is 5.56 Å². The van der Waals surface area contributed by atoms with E-state index in [0.717, 1.165) is 22.2 Å². The number of amides is 1. The Morgan fingerprint density at radius 3 is 2.75 bits per heavy atom. The Balaban J connectivity index is 1.41. The predicted octanol–water partition coefficient (Wildman–Crippen LogP) is 3.96. The third-order valence-electron chi connectivity index (χ3n) is 7.88. The Morgan fingerprint density at radius 1 is 1.34 bits per heavy atom.